The Kier molecular flexibility index (Phi) is 5.60. The molecule has 4 amide bonds. The number of benzene rings is 2. The van der Waals surface area contributed by atoms with E-state index < -0.39 is 17.8 Å². The van der Waals surface area contributed by atoms with Crippen molar-refractivity contribution in [1.82, 2.24) is 9.88 Å². The van der Waals surface area contributed by atoms with Crippen molar-refractivity contribution in [2.24, 2.45) is 0 Å². The molecule has 2 aromatic carbocycles. The lowest BCUT2D eigenvalue weighted by Crippen LogP contribution is -2.54. The smallest absolute Gasteiger partial charge is 0.318 e. The van der Waals surface area contributed by atoms with E-state index >= 15 is 0 Å². The van der Waals surface area contributed by atoms with Gasteiger partial charge < -0.3 is 4.57 Å². The molecule has 1 fully saturated rings. The summed E-state index contributed by atoms with van der Waals surface area (Å²) in [7, 11) is 0. The third-order valence-electron chi connectivity index (χ3n) is 5.63. The summed E-state index contributed by atoms with van der Waals surface area (Å²) in [6, 6.07) is 14.3. The van der Waals surface area contributed by atoms with Gasteiger partial charge in [-0.3, -0.25) is 14.9 Å². The van der Waals surface area contributed by atoms with E-state index in [4.69, 9.17) is 0 Å². The summed E-state index contributed by atoms with van der Waals surface area (Å²) in [6.45, 7) is 7.74. The van der Waals surface area contributed by atoms with Gasteiger partial charge in [0.15, 0.2) is 0 Å². The Balaban J connectivity index is 1.78. The molecule has 0 radical (unpaired) electrons. The van der Waals surface area contributed by atoms with E-state index in [2.05, 4.69) is 31.9 Å². The number of anilines is 1. The summed E-state index contributed by atoms with van der Waals surface area (Å²) in [5.41, 5.74) is 5.80. The maximum Gasteiger partial charge on any atom is 0.335 e. The molecule has 1 aliphatic rings. The average molecular weight is 492 g/mol. The highest BCUT2D eigenvalue weighted by atomic mass is 79.9. The van der Waals surface area contributed by atoms with E-state index in [1.54, 1.807) is 18.2 Å². The van der Waals surface area contributed by atoms with Crippen LogP contribution in [0.4, 0.5) is 10.5 Å². The zero-order valence-electron chi connectivity index (χ0n) is 18.2. The molecular weight excluding hydrogens is 470 g/mol. The molecular formula is C25H22BrN3O3. The zero-order valence-corrected chi connectivity index (χ0v) is 19.8. The van der Waals surface area contributed by atoms with Crippen molar-refractivity contribution in [2.75, 3.05) is 4.90 Å². The molecule has 0 unspecified atom stereocenters. The van der Waals surface area contributed by atoms with Crippen LogP contribution >= 0.6 is 15.9 Å². The molecule has 7 heteroatoms. The van der Waals surface area contributed by atoms with Crippen LogP contribution in [0.3, 0.4) is 0 Å². The predicted molar refractivity (Wildman–Crippen MR) is 128 cm³/mol. The molecule has 0 aliphatic carbocycles. The first kappa shape index (κ1) is 21.8. The van der Waals surface area contributed by atoms with Crippen molar-refractivity contribution >= 4 is 45.5 Å². The van der Waals surface area contributed by atoms with Gasteiger partial charge in [0.25, 0.3) is 11.8 Å². The average Bonchev–Trinajstić information content (AvgIpc) is 3.01. The fourth-order valence-corrected chi connectivity index (χ4v) is 4.19. The molecule has 1 aromatic heterocycles. The Hall–Kier alpha value is -3.45. The largest absolute Gasteiger partial charge is 0.335 e. The molecule has 4 rings (SSSR count). The summed E-state index contributed by atoms with van der Waals surface area (Å²) >= 11 is 3.52. The van der Waals surface area contributed by atoms with Gasteiger partial charge in [-0.15, -0.1) is 0 Å². The predicted octanol–water partition coefficient (Wildman–Crippen LogP) is 5.14. The SMILES string of the molecule is Cc1cc(-n2c(C)cc(/C=C3\C(=O)NC(=O)N(c4ccccc4C)C3=O)c2C)ccc1Br. The van der Waals surface area contributed by atoms with Crippen LogP contribution < -0.4 is 10.2 Å². The van der Waals surface area contributed by atoms with Gasteiger partial charge in [0.1, 0.15) is 5.57 Å². The topological polar surface area (TPSA) is 71.4 Å². The van der Waals surface area contributed by atoms with Gasteiger partial charge in [-0.25, -0.2) is 9.69 Å². The van der Waals surface area contributed by atoms with Crippen LogP contribution in [-0.4, -0.2) is 22.4 Å². The Labute approximate surface area is 194 Å². The first-order chi connectivity index (χ1) is 15.2. The van der Waals surface area contributed by atoms with Crippen LogP contribution in [0.1, 0.15) is 28.1 Å². The van der Waals surface area contributed by atoms with Gasteiger partial charge in [0, 0.05) is 21.5 Å². The van der Waals surface area contributed by atoms with E-state index in [1.165, 1.54) is 0 Å². The molecule has 0 atom stereocenters. The van der Waals surface area contributed by atoms with Crippen LogP contribution in [0.2, 0.25) is 0 Å². The quantitative estimate of drug-likeness (QED) is 0.407. The number of imide groups is 2. The van der Waals surface area contributed by atoms with Gasteiger partial charge in [-0.1, -0.05) is 34.1 Å². The summed E-state index contributed by atoms with van der Waals surface area (Å²) in [4.78, 5) is 39.3. The van der Waals surface area contributed by atoms with E-state index in [9.17, 15) is 14.4 Å². The van der Waals surface area contributed by atoms with Gasteiger partial charge in [0.2, 0.25) is 0 Å². The first-order valence-electron chi connectivity index (χ1n) is 10.1. The molecule has 0 spiro atoms. The van der Waals surface area contributed by atoms with Crippen molar-refractivity contribution < 1.29 is 14.4 Å². The number of nitrogens with zero attached hydrogens (tertiary/aromatic N) is 2. The minimum atomic E-state index is -0.748. The standard InChI is InChI=1S/C25H22BrN3O3/c1-14-7-5-6-8-22(14)29-24(31)20(23(30)27-25(29)32)13-18-12-16(3)28(17(18)4)19-9-10-21(26)15(2)11-19/h5-13H,1-4H3,(H,27,30,32)/b20-13+. The molecule has 6 nitrogen and oxygen atoms in total. The number of aromatic nitrogens is 1. The number of amides is 4. The maximum absolute atomic E-state index is 13.2. The lowest BCUT2D eigenvalue weighted by Gasteiger charge is -2.27. The highest BCUT2D eigenvalue weighted by Gasteiger charge is 2.37. The molecule has 0 saturated carbocycles. The van der Waals surface area contributed by atoms with Crippen molar-refractivity contribution in [2.45, 2.75) is 27.7 Å². The van der Waals surface area contributed by atoms with Gasteiger partial charge in [-0.05, 0) is 80.8 Å². The Morgan fingerprint density at radius 1 is 0.906 bits per heavy atom. The van der Waals surface area contributed by atoms with Crippen molar-refractivity contribution in [3.8, 4) is 5.69 Å². The van der Waals surface area contributed by atoms with Crippen molar-refractivity contribution in [3.63, 3.8) is 0 Å². The highest BCUT2D eigenvalue weighted by Crippen LogP contribution is 2.28. The molecule has 1 aliphatic heterocycles. The Morgan fingerprint density at radius 3 is 2.31 bits per heavy atom. The summed E-state index contributed by atoms with van der Waals surface area (Å²) < 4.78 is 3.10. The number of nitrogens with one attached hydrogen (secondary N) is 1. The molecule has 32 heavy (non-hydrogen) atoms. The van der Waals surface area contributed by atoms with Crippen LogP contribution in [-0.2, 0) is 9.59 Å². The zero-order chi connectivity index (χ0) is 23.2. The second-order valence-electron chi connectivity index (χ2n) is 7.84. The molecule has 1 N–H and O–H groups in total. The van der Waals surface area contributed by atoms with Crippen LogP contribution in [0.15, 0.2) is 58.6 Å². The number of urea groups is 1. The summed E-state index contributed by atoms with van der Waals surface area (Å²) in [6.07, 6.45) is 1.56. The third-order valence-corrected chi connectivity index (χ3v) is 6.52. The summed E-state index contributed by atoms with van der Waals surface area (Å²) in [5.74, 6) is -1.34. The number of rotatable bonds is 3. The molecule has 0 bridgehead atoms. The number of para-hydroxylation sites is 1. The minimum absolute atomic E-state index is 0.0833. The van der Waals surface area contributed by atoms with Gasteiger partial charge in [-0.2, -0.15) is 0 Å². The van der Waals surface area contributed by atoms with E-state index in [1.807, 2.05) is 58.0 Å². The van der Waals surface area contributed by atoms with Gasteiger partial charge >= 0.3 is 6.03 Å². The first-order valence-corrected chi connectivity index (χ1v) is 10.9. The monoisotopic (exact) mass is 491 g/mol. The molecule has 2 heterocycles. The maximum atomic E-state index is 13.2. The van der Waals surface area contributed by atoms with E-state index in [0.717, 1.165) is 43.1 Å². The second kappa shape index (κ2) is 8.24. The Morgan fingerprint density at radius 2 is 1.62 bits per heavy atom. The number of hydrogen-bond donors (Lipinski definition) is 1. The van der Waals surface area contributed by atoms with Crippen LogP contribution in [0, 0.1) is 27.7 Å². The van der Waals surface area contributed by atoms with Crippen molar-refractivity contribution in [3.05, 3.63) is 86.7 Å². The normalized spacial score (nSPS) is 15.5. The van der Waals surface area contributed by atoms with Crippen LogP contribution in [0.5, 0.6) is 0 Å². The van der Waals surface area contributed by atoms with Crippen molar-refractivity contribution in [1.29, 1.82) is 0 Å². The molecule has 1 saturated heterocycles. The lowest BCUT2D eigenvalue weighted by atomic mass is 10.1. The second-order valence-corrected chi connectivity index (χ2v) is 8.69. The molecule has 3 aromatic rings. The number of barbiturate groups is 1. The Bertz CT molecular complexity index is 1320. The van der Waals surface area contributed by atoms with Gasteiger partial charge in [0.05, 0.1) is 5.69 Å². The fourth-order valence-electron chi connectivity index (χ4n) is 3.95. The van der Waals surface area contributed by atoms with Crippen LogP contribution in [0.25, 0.3) is 11.8 Å². The fraction of sp³-hybridized carbons (Fsp3) is 0.160. The number of hydrogen-bond acceptors (Lipinski definition) is 3. The lowest BCUT2D eigenvalue weighted by molar-refractivity contribution is -0.122. The van der Waals surface area contributed by atoms with E-state index in [-0.39, 0.29) is 5.57 Å². The number of carbonyl (C=O) groups excluding carboxylic acids is 3. The number of carbonyl (C=O) groups is 3. The van der Waals surface area contributed by atoms with E-state index in [0.29, 0.717) is 5.69 Å². The summed E-state index contributed by atoms with van der Waals surface area (Å²) in [5, 5.41) is 2.29. The molecule has 162 valence electrons. The highest BCUT2D eigenvalue weighted by molar-refractivity contribution is 9.10. The minimum Gasteiger partial charge on any atom is -0.318 e. The number of aryl methyl sites for hydroxylation is 3. The third kappa shape index (κ3) is 3.69. The number of halogens is 1.